The van der Waals surface area contributed by atoms with E-state index in [0.29, 0.717) is 12.4 Å². The van der Waals surface area contributed by atoms with E-state index in [9.17, 15) is 4.79 Å². The number of hydroxylamine groups is 2. The molecule has 1 rings (SSSR count). The van der Waals surface area contributed by atoms with Gasteiger partial charge in [0.1, 0.15) is 5.82 Å². The predicted molar refractivity (Wildman–Crippen MR) is 42.3 cm³/mol. The van der Waals surface area contributed by atoms with Gasteiger partial charge in [-0.25, -0.2) is 9.48 Å². The molecule has 1 aromatic rings. The summed E-state index contributed by atoms with van der Waals surface area (Å²) >= 11 is 0. The quantitative estimate of drug-likeness (QED) is 0.600. The monoisotopic (exact) mass is 172 g/mol. The average Bonchev–Trinajstić information content (AvgIpc) is 2.31. The van der Waals surface area contributed by atoms with Gasteiger partial charge in [-0.05, 0) is 0 Å². The van der Waals surface area contributed by atoms with Crippen LogP contribution in [0.1, 0.15) is 5.82 Å². The average molecular weight is 172 g/mol. The minimum atomic E-state index is -0.213. The van der Waals surface area contributed by atoms with E-state index in [0.717, 1.165) is 0 Å². The van der Waals surface area contributed by atoms with Gasteiger partial charge in [0.15, 0.2) is 0 Å². The Balaban J connectivity index is 2.70. The summed E-state index contributed by atoms with van der Waals surface area (Å²) in [5.74, 6) is 0.590. The van der Waals surface area contributed by atoms with Gasteiger partial charge in [-0.3, -0.25) is 4.98 Å². The Morgan fingerprint density at radius 1 is 1.75 bits per heavy atom. The van der Waals surface area contributed by atoms with E-state index in [1.165, 1.54) is 4.68 Å². The van der Waals surface area contributed by atoms with Crippen molar-refractivity contribution < 1.29 is 4.84 Å². The zero-order valence-corrected chi connectivity index (χ0v) is 7.37. The van der Waals surface area contributed by atoms with E-state index in [4.69, 9.17) is 4.84 Å². The van der Waals surface area contributed by atoms with Crippen molar-refractivity contribution in [3.63, 3.8) is 0 Å². The minimum absolute atomic E-state index is 0.213. The van der Waals surface area contributed by atoms with Gasteiger partial charge in [-0.2, -0.15) is 10.2 Å². The minimum Gasteiger partial charge on any atom is -0.302 e. The third kappa shape index (κ3) is 1.93. The van der Waals surface area contributed by atoms with E-state index in [1.54, 1.807) is 26.3 Å². The summed E-state index contributed by atoms with van der Waals surface area (Å²) in [4.78, 5) is 18.3. The van der Waals surface area contributed by atoms with Crippen LogP contribution in [0, 0.1) is 0 Å². The number of hydrogen-bond donors (Lipinski definition) is 1. The first-order valence-electron chi connectivity index (χ1n) is 3.51. The van der Waals surface area contributed by atoms with E-state index >= 15 is 0 Å². The standard InChI is InChI=1S/C6H12N4O2/c1-9(12-3)4-5-7-6(11)10(2)8-5/h4H2,1-3H3,(H,7,8,11). The summed E-state index contributed by atoms with van der Waals surface area (Å²) < 4.78 is 1.25. The summed E-state index contributed by atoms with van der Waals surface area (Å²) in [6.07, 6.45) is 0. The molecule has 6 heteroatoms. The zero-order valence-electron chi connectivity index (χ0n) is 7.37. The Hall–Kier alpha value is -1.14. The molecule has 1 aromatic heterocycles. The lowest BCUT2D eigenvalue weighted by atomic mass is 10.6. The molecule has 0 spiro atoms. The number of rotatable bonds is 3. The number of hydrogen-bond acceptors (Lipinski definition) is 4. The molecule has 1 N–H and O–H groups in total. The molecule has 0 aromatic carbocycles. The van der Waals surface area contributed by atoms with Crippen molar-refractivity contribution in [2.75, 3.05) is 14.2 Å². The number of H-pyrrole nitrogens is 1. The van der Waals surface area contributed by atoms with Gasteiger partial charge in [0, 0.05) is 14.1 Å². The van der Waals surface area contributed by atoms with Crippen LogP contribution in [0.15, 0.2) is 4.79 Å². The Morgan fingerprint density at radius 3 is 2.83 bits per heavy atom. The SMILES string of the molecule is CON(C)Cc1nn(C)c(=O)[nH]1. The highest BCUT2D eigenvalue weighted by Gasteiger charge is 2.03. The van der Waals surface area contributed by atoms with Crippen LogP contribution in [0.3, 0.4) is 0 Å². The van der Waals surface area contributed by atoms with Crippen molar-refractivity contribution >= 4 is 0 Å². The molecule has 0 amide bonds. The second kappa shape index (κ2) is 3.51. The largest absolute Gasteiger partial charge is 0.343 e. The molecule has 0 atom stereocenters. The molecule has 6 nitrogen and oxygen atoms in total. The van der Waals surface area contributed by atoms with E-state index in [2.05, 4.69) is 10.1 Å². The highest BCUT2D eigenvalue weighted by atomic mass is 16.7. The first kappa shape index (κ1) is 8.95. The van der Waals surface area contributed by atoms with Gasteiger partial charge < -0.3 is 4.84 Å². The lowest BCUT2D eigenvalue weighted by Gasteiger charge is -2.09. The molecular weight excluding hydrogens is 160 g/mol. The molecule has 68 valence electrons. The van der Waals surface area contributed by atoms with E-state index < -0.39 is 0 Å². The number of aryl methyl sites for hydroxylation is 1. The molecule has 12 heavy (non-hydrogen) atoms. The van der Waals surface area contributed by atoms with Crippen molar-refractivity contribution in [1.29, 1.82) is 0 Å². The maximum absolute atomic E-state index is 10.9. The molecule has 1 heterocycles. The van der Waals surface area contributed by atoms with E-state index in [-0.39, 0.29) is 5.69 Å². The fourth-order valence-electron chi connectivity index (χ4n) is 0.802. The molecule has 0 saturated carbocycles. The van der Waals surface area contributed by atoms with Crippen LogP contribution in [-0.2, 0) is 18.4 Å². The number of nitrogens with zero attached hydrogens (tertiary/aromatic N) is 3. The summed E-state index contributed by atoms with van der Waals surface area (Å²) in [6, 6.07) is 0. The van der Waals surface area contributed by atoms with Crippen molar-refractivity contribution in [2.24, 2.45) is 7.05 Å². The van der Waals surface area contributed by atoms with Crippen LogP contribution >= 0.6 is 0 Å². The van der Waals surface area contributed by atoms with Crippen LogP contribution in [0.25, 0.3) is 0 Å². The van der Waals surface area contributed by atoms with Crippen molar-refractivity contribution in [1.82, 2.24) is 19.8 Å². The van der Waals surface area contributed by atoms with Crippen LogP contribution in [-0.4, -0.2) is 34.0 Å². The Kier molecular flexibility index (Phi) is 2.61. The van der Waals surface area contributed by atoms with Gasteiger partial charge in [-0.15, -0.1) is 0 Å². The molecule has 0 aliphatic heterocycles. The maximum atomic E-state index is 10.9. The summed E-state index contributed by atoms with van der Waals surface area (Å²) in [7, 11) is 4.91. The van der Waals surface area contributed by atoms with Gasteiger partial charge in [0.05, 0.1) is 13.7 Å². The summed E-state index contributed by atoms with van der Waals surface area (Å²) in [6.45, 7) is 0.465. The molecule has 0 saturated heterocycles. The van der Waals surface area contributed by atoms with Gasteiger partial charge in [0.25, 0.3) is 0 Å². The highest BCUT2D eigenvalue weighted by Crippen LogP contribution is 1.91. The molecule has 0 aliphatic carbocycles. The first-order chi connectivity index (χ1) is 5.63. The second-order valence-electron chi connectivity index (χ2n) is 2.47. The summed E-state index contributed by atoms with van der Waals surface area (Å²) in [5, 5.41) is 5.49. The molecule has 0 aliphatic rings. The first-order valence-corrected chi connectivity index (χ1v) is 3.51. The van der Waals surface area contributed by atoms with Gasteiger partial charge in [-0.1, -0.05) is 0 Å². The van der Waals surface area contributed by atoms with Crippen LogP contribution in [0.5, 0.6) is 0 Å². The zero-order chi connectivity index (χ0) is 9.14. The lowest BCUT2D eigenvalue weighted by molar-refractivity contribution is -0.118. The molecule has 0 fully saturated rings. The molecule has 0 bridgehead atoms. The Bertz CT molecular complexity index is 303. The number of nitrogens with one attached hydrogen (secondary N) is 1. The van der Waals surface area contributed by atoms with Crippen molar-refractivity contribution in [3.05, 3.63) is 16.3 Å². The van der Waals surface area contributed by atoms with Crippen LogP contribution < -0.4 is 5.69 Å². The highest BCUT2D eigenvalue weighted by molar-refractivity contribution is 4.79. The lowest BCUT2D eigenvalue weighted by Crippen LogP contribution is -2.17. The molecule has 0 radical (unpaired) electrons. The van der Waals surface area contributed by atoms with Crippen molar-refractivity contribution in [2.45, 2.75) is 6.54 Å². The molecule has 0 unspecified atom stereocenters. The van der Waals surface area contributed by atoms with Crippen LogP contribution in [0.2, 0.25) is 0 Å². The predicted octanol–water partition coefficient (Wildman–Crippen LogP) is -0.898. The Labute approximate surface area is 69.7 Å². The normalized spacial score (nSPS) is 11.0. The van der Waals surface area contributed by atoms with Gasteiger partial charge >= 0.3 is 5.69 Å². The third-order valence-electron chi connectivity index (χ3n) is 1.50. The number of aromatic amines is 1. The topological polar surface area (TPSA) is 63.1 Å². The van der Waals surface area contributed by atoms with Crippen LogP contribution in [0.4, 0.5) is 0 Å². The smallest absolute Gasteiger partial charge is 0.302 e. The number of aromatic nitrogens is 3. The van der Waals surface area contributed by atoms with Crippen molar-refractivity contribution in [3.8, 4) is 0 Å². The third-order valence-corrected chi connectivity index (χ3v) is 1.50. The second-order valence-corrected chi connectivity index (χ2v) is 2.47. The van der Waals surface area contributed by atoms with E-state index in [1.807, 2.05) is 0 Å². The fourth-order valence-corrected chi connectivity index (χ4v) is 0.802. The fraction of sp³-hybridized carbons (Fsp3) is 0.667. The Morgan fingerprint density at radius 2 is 2.42 bits per heavy atom. The van der Waals surface area contributed by atoms with Gasteiger partial charge in [0.2, 0.25) is 0 Å². The summed E-state index contributed by atoms with van der Waals surface area (Å²) in [5.41, 5.74) is -0.213. The molecular formula is C6H12N4O2. The maximum Gasteiger partial charge on any atom is 0.343 e.